The van der Waals surface area contributed by atoms with Crippen molar-refractivity contribution < 1.29 is 28.6 Å². The lowest BCUT2D eigenvalue weighted by molar-refractivity contribution is -0.137. The van der Waals surface area contributed by atoms with Crippen molar-refractivity contribution in [2.24, 2.45) is 0 Å². The van der Waals surface area contributed by atoms with Crippen molar-refractivity contribution in [3.63, 3.8) is 0 Å². The number of likely N-dealkylation sites (tertiary alicyclic amines) is 1. The maximum absolute atomic E-state index is 14.0. The molecule has 6 nitrogen and oxygen atoms in total. The third kappa shape index (κ3) is 3.19. The summed E-state index contributed by atoms with van der Waals surface area (Å²) in [6, 6.07) is 3.58. The normalized spacial score (nSPS) is 21.0. The first-order chi connectivity index (χ1) is 10.5. The van der Waals surface area contributed by atoms with Gasteiger partial charge in [0.15, 0.2) is 0 Å². The zero-order valence-corrected chi connectivity index (χ0v) is 12.4. The highest BCUT2D eigenvalue weighted by atomic mass is 19.1. The number of hydrogen-bond donors (Lipinski definition) is 1. The number of carbonyl (C=O) groups is 2. The van der Waals surface area contributed by atoms with E-state index in [-0.39, 0.29) is 30.4 Å². The highest BCUT2D eigenvalue weighted by Gasteiger charge is 2.38. The molecule has 1 heterocycles. The molecule has 1 aromatic rings. The van der Waals surface area contributed by atoms with Crippen LogP contribution < -0.4 is 4.74 Å². The van der Waals surface area contributed by atoms with Crippen LogP contribution in [-0.2, 0) is 9.53 Å². The quantitative estimate of drug-likeness (QED) is 0.892. The Morgan fingerprint density at radius 3 is 2.73 bits per heavy atom. The lowest BCUT2D eigenvalue weighted by atomic mass is 10.1. The molecule has 0 aliphatic carbocycles. The highest BCUT2D eigenvalue weighted by molar-refractivity contribution is 5.97. The summed E-state index contributed by atoms with van der Waals surface area (Å²) in [5.41, 5.74) is -0.183. The van der Waals surface area contributed by atoms with E-state index in [1.165, 1.54) is 37.3 Å². The first kappa shape index (κ1) is 16.2. The average molecular weight is 311 g/mol. The van der Waals surface area contributed by atoms with Gasteiger partial charge < -0.3 is 19.5 Å². The third-order valence-electron chi connectivity index (χ3n) is 3.79. The Bertz CT molecular complexity index is 577. The molecule has 22 heavy (non-hydrogen) atoms. The summed E-state index contributed by atoms with van der Waals surface area (Å²) in [5, 5.41) is 8.98. The second-order valence-electron chi connectivity index (χ2n) is 5.12. The van der Waals surface area contributed by atoms with Crippen LogP contribution in [0.2, 0.25) is 0 Å². The van der Waals surface area contributed by atoms with E-state index in [0.29, 0.717) is 6.42 Å². The second kappa shape index (κ2) is 6.74. The first-order valence-corrected chi connectivity index (χ1v) is 6.86. The van der Waals surface area contributed by atoms with E-state index in [0.717, 1.165) is 0 Å². The van der Waals surface area contributed by atoms with E-state index in [1.54, 1.807) is 0 Å². The first-order valence-electron chi connectivity index (χ1n) is 6.86. The number of benzene rings is 1. The molecule has 1 N–H and O–H groups in total. The summed E-state index contributed by atoms with van der Waals surface area (Å²) < 4.78 is 24.3. The minimum Gasteiger partial charge on any atom is -0.496 e. The van der Waals surface area contributed by atoms with Gasteiger partial charge in [0.1, 0.15) is 17.1 Å². The molecule has 0 radical (unpaired) electrons. The molecule has 1 aliphatic rings. The van der Waals surface area contributed by atoms with E-state index in [9.17, 15) is 14.0 Å². The van der Waals surface area contributed by atoms with Gasteiger partial charge >= 0.3 is 5.97 Å². The zero-order valence-electron chi connectivity index (χ0n) is 12.4. The second-order valence-corrected chi connectivity index (χ2v) is 5.12. The molecule has 1 aromatic carbocycles. The molecule has 7 heteroatoms. The summed E-state index contributed by atoms with van der Waals surface area (Å²) in [5.74, 6) is -2.17. The van der Waals surface area contributed by atoms with Crippen LogP contribution in [0, 0.1) is 5.82 Å². The van der Waals surface area contributed by atoms with Gasteiger partial charge in [0.2, 0.25) is 0 Å². The predicted octanol–water partition coefficient (Wildman–Crippen LogP) is 1.54. The summed E-state index contributed by atoms with van der Waals surface area (Å²) in [7, 11) is 2.85. The number of amides is 1. The van der Waals surface area contributed by atoms with Gasteiger partial charge in [0, 0.05) is 19.7 Å². The van der Waals surface area contributed by atoms with E-state index >= 15 is 0 Å². The molecule has 2 unspecified atom stereocenters. The molecular weight excluding hydrogens is 293 g/mol. The van der Waals surface area contributed by atoms with Gasteiger partial charge in [-0.1, -0.05) is 6.07 Å². The average Bonchev–Trinajstić information content (AvgIpc) is 2.88. The number of carboxylic acid groups (broad SMARTS) is 1. The number of nitrogens with zero attached hydrogens (tertiary/aromatic N) is 1. The SMILES string of the molecule is COc1cccc(F)c1C(=O)N1CC(OC)CC1CC(=O)O. The predicted molar refractivity (Wildman–Crippen MR) is 75.4 cm³/mol. The lowest BCUT2D eigenvalue weighted by Gasteiger charge is -2.24. The van der Waals surface area contributed by atoms with Crippen molar-refractivity contribution in [2.75, 3.05) is 20.8 Å². The maximum Gasteiger partial charge on any atom is 0.305 e. The zero-order chi connectivity index (χ0) is 16.3. The van der Waals surface area contributed by atoms with Crippen molar-refractivity contribution in [1.29, 1.82) is 0 Å². The maximum atomic E-state index is 14.0. The van der Waals surface area contributed by atoms with Crippen LogP contribution in [0.5, 0.6) is 5.75 Å². The van der Waals surface area contributed by atoms with Crippen molar-refractivity contribution in [2.45, 2.75) is 25.0 Å². The highest BCUT2D eigenvalue weighted by Crippen LogP contribution is 2.29. The van der Waals surface area contributed by atoms with Gasteiger partial charge in [-0.15, -0.1) is 0 Å². The summed E-state index contributed by atoms with van der Waals surface area (Å²) in [4.78, 5) is 25.0. The Hall–Kier alpha value is -2.15. The Labute approximate surface area is 127 Å². The Kier molecular flexibility index (Phi) is 4.97. The summed E-state index contributed by atoms with van der Waals surface area (Å²) in [6.07, 6.45) is -0.0562. The number of halogens is 1. The van der Waals surface area contributed by atoms with Crippen molar-refractivity contribution in [3.05, 3.63) is 29.6 Å². The minimum atomic E-state index is -1.01. The van der Waals surface area contributed by atoms with E-state index in [1.807, 2.05) is 0 Å². The molecule has 2 atom stereocenters. The largest absolute Gasteiger partial charge is 0.496 e. The third-order valence-corrected chi connectivity index (χ3v) is 3.79. The topological polar surface area (TPSA) is 76.1 Å². The Morgan fingerprint density at radius 1 is 1.41 bits per heavy atom. The van der Waals surface area contributed by atoms with Gasteiger partial charge in [0.25, 0.3) is 5.91 Å². The fourth-order valence-electron chi connectivity index (χ4n) is 2.71. The fourth-order valence-corrected chi connectivity index (χ4v) is 2.71. The number of aliphatic carboxylic acids is 1. The molecule has 120 valence electrons. The molecule has 0 saturated carbocycles. The Morgan fingerprint density at radius 2 is 2.14 bits per heavy atom. The summed E-state index contributed by atoms with van der Waals surface area (Å²) in [6.45, 7) is 0.227. The lowest BCUT2D eigenvalue weighted by Crippen LogP contribution is -2.38. The molecule has 0 spiro atoms. The van der Waals surface area contributed by atoms with Crippen LogP contribution in [0.25, 0.3) is 0 Å². The number of carbonyl (C=O) groups excluding carboxylic acids is 1. The van der Waals surface area contributed by atoms with Crippen LogP contribution in [0.1, 0.15) is 23.2 Å². The van der Waals surface area contributed by atoms with Crippen LogP contribution in [-0.4, -0.2) is 54.8 Å². The smallest absolute Gasteiger partial charge is 0.305 e. The van der Waals surface area contributed by atoms with Crippen LogP contribution in [0.15, 0.2) is 18.2 Å². The van der Waals surface area contributed by atoms with Gasteiger partial charge in [-0.3, -0.25) is 9.59 Å². The van der Waals surface area contributed by atoms with E-state index < -0.39 is 23.7 Å². The molecule has 0 aromatic heterocycles. The minimum absolute atomic E-state index is 0.125. The molecule has 0 bridgehead atoms. The van der Waals surface area contributed by atoms with Crippen LogP contribution in [0.3, 0.4) is 0 Å². The van der Waals surface area contributed by atoms with Crippen LogP contribution in [0.4, 0.5) is 4.39 Å². The van der Waals surface area contributed by atoms with Gasteiger partial charge in [-0.2, -0.15) is 0 Å². The molecule has 1 amide bonds. The standard InChI is InChI=1S/C15H18FNO5/c1-21-10-6-9(7-13(18)19)17(8-10)15(20)14-11(16)4-3-5-12(14)22-2/h3-5,9-10H,6-8H2,1-2H3,(H,18,19). The summed E-state index contributed by atoms with van der Waals surface area (Å²) >= 11 is 0. The molecular formula is C15H18FNO5. The van der Waals surface area contributed by atoms with Crippen molar-refractivity contribution in [3.8, 4) is 5.75 Å². The van der Waals surface area contributed by atoms with Gasteiger partial charge in [-0.05, 0) is 18.6 Å². The number of methoxy groups -OCH3 is 2. The monoisotopic (exact) mass is 311 g/mol. The van der Waals surface area contributed by atoms with E-state index in [2.05, 4.69) is 0 Å². The van der Waals surface area contributed by atoms with Gasteiger partial charge in [-0.25, -0.2) is 4.39 Å². The van der Waals surface area contributed by atoms with E-state index in [4.69, 9.17) is 14.6 Å². The molecule has 1 aliphatic heterocycles. The molecule has 1 fully saturated rings. The van der Waals surface area contributed by atoms with Gasteiger partial charge in [0.05, 0.1) is 19.6 Å². The Balaban J connectivity index is 2.32. The number of hydrogen-bond acceptors (Lipinski definition) is 4. The number of rotatable bonds is 5. The van der Waals surface area contributed by atoms with Crippen LogP contribution >= 0.6 is 0 Å². The molecule has 2 rings (SSSR count). The van der Waals surface area contributed by atoms with Crippen molar-refractivity contribution >= 4 is 11.9 Å². The van der Waals surface area contributed by atoms with Crippen molar-refractivity contribution in [1.82, 2.24) is 4.90 Å². The number of ether oxygens (including phenoxy) is 2. The fraction of sp³-hybridized carbons (Fsp3) is 0.467. The molecule has 1 saturated heterocycles. The number of carboxylic acids is 1.